The van der Waals surface area contributed by atoms with Crippen molar-refractivity contribution in [3.8, 4) is 0 Å². The lowest BCUT2D eigenvalue weighted by molar-refractivity contribution is 0.0426. The van der Waals surface area contributed by atoms with Gasteiger partial charge in [0.05, 0.1) is 13.2 Å². The van der Waals surface area contributed by atoms with Crippen LogP contribution in [0, 0.1) is 5.92 Å². The van der Waals surface area contributed by atoms with Gasteiger partial charge in [-0.15, -0.1) is 0 Å². The average Bonchev–Trinajstić information content (AvgIpc) is 2.25. The predicted molar refractivity (Wildman–Crippen MR) is 69.9 cm³/mol. The van der Waals surface area contributed by atoms with Crippen LogP contribution in [0.5, 0.6) is 0 Å². The van der Waals surface area contributed by atoms with E-state index in [4.69, 9.17) is 9.47 Å². The predicted octanol–water partition coefficient (Wildman–Crippen LogP) is 4.04. The maximum absolute atomic E-state index is 5.50. The van der Waals surface area contributed by atoms with Gasteiger partial charge in [-0.05, 0) is 18.8 Å². The quantitative estimate of drug-likeness (QED) is 0.471. The van der Waals surface area contributed by atoms with Gasteiger partial charge >= 0.3 is 0 Å². The Morgan fingerprint density at radius 2 is 1.38 bits per heavy atom. The monoisotopic (exact) mass is 230 g/mol. The highest BCUT2D eigenvalue weighted by Crippen LogP contribution is 2.02. The van der Waals surface area contributed by atoms with E-state index in [9.17, 15) is 0 Å². The molecule has 0 rings (SSSR count). The first-order chi connectivity index (χ1) is 7.77. The smallest absolute Gasteiger partial charge is 0.0700 e. The van der Waals surface area contributed by atoms with Crippen LogP contribution in [0.3, 0.4) is 0 Å². The van der Waals surface area contributed by atoms with Crippen molar-refractivity contribution < 1.29 is 9.47 Å². The molecule has 0 unspecified atom stereocenters. The minimum absolute atomic E-state index is 0.736. The van der Waals surface area contributed by atoms with Gasteiger partial charge in [0.2, 0.25) is 0 Å². The van der Waals surface area contributed by atoms with E-state index in [2.05, 4.69) is 20.8 Å². The lowest BCUT2D eigenvalue weighted by atomic mass is 10.1. The zero-order valence-corrected chi connectivity index (χ0v) is 11.5. The number of hydrogen-bond donors (Lipinski definition) is 0. The van der Waals surface area contributed by atoms with E-state index in [1.165, 1.54) is 32.1 Å². The third kappa shape index (κ3) is 13.9. The van der Waals surface area contributed by atoms with Gasteiger partial charge in [0.1, 0.15) is 0 Å². The molecule has 0 spiro atoms. The zero-order chi connectivity index (χ0) is 12.1. The van der Waals surface area contributed by atoms with Crippen molar-refractivity contribution in [2.24, 2.45) is 5.92 Å². The molecule has 0 aliphatic rings. The van der Waals surface area contributed by atoms with Crippen molar-refractivity contribution in [1.82, 2.24) is 0 Å². The van der Waals surface area contributed by atoms with Crippen molar-refractivity contribution in [2.45, 2.75) is 59.3 Å². The van der Waals surface area contributed by atoms with Crippen LogP contribution >= 0.6 is 0 Å². The molecule has 0 aromatic heterocycles. The van der Waals surface area contributed by atoms with Gasteiger partial charge in [-0.1, -0.05) is 46.5 Å². The molecule has 0 saturated heterocycles. The van der Waals surface area contributed by atoms with E-state index in [1.54, 1.807) is 0 Å². The van der Waals surface area contributed by atoms with Crippen molar-refractivity contribution in [3.63, 3.8) is 0 Å². The molecule has 0 amide bonds. The summed E-state index contributed by atoms with van der Waals surface area (Å²) in [4.78, 5) is 0. The van der Waals surface area contributed by atoms with Gasteiger partial charge in [-0.25, -0.2) is 0 Å². The molecule has 0 aromatic carbocycles. The summed E-state index contributed by atoms with van der Waals surface area (Å²) in [6, 6.07) is 0. The minimum atomic E-state index is 0.736. The van der Waals surface area contributed by atoms with E-state index in [1.807, 2.05) is 0 Å². The number of ether oxygens (including phenoxy) is 2. The van der Waals surface area contributed by atoms with E-state index in [0.29, 0.717) is 0 Å². The fourth-order valence-corrected chi connectivity index (χ4v) is 1.45. The van der Waals surface area contributed by atoms with Crippen LogP contribution in [0.25, 0.3) is 0 Å². The Hall–Kier alpha value is -0.0800. The molecule has 0 aromatic rings. The highest BCUT2D eigenvalue weighted by atomic mass is 16.5. The Labute approximate surface area is 102 Å². The molecule has 0 atom stereocenters. The average molecular weight is 230 g/mol. The molecule has 98 valence electrons. The molecule has 16 heavy (non-hydrogen) atoms. The normalized spacial score (nSPS) is 11.2. The minimum Gasteiger partial charge on any atom is -0.379 e. The summed E-state index contributed by atoms with van der Waals surface area (Å²) in [6.07, 6.45) is 7.68. The summed E-state index contributed by atoms with van der Waals surface area (Å²) in [5.74, 6) is 0.736. The third-order valence-corrected chi connectivity index (χ3v) is 2.60. The second-order valence-corrected chi connectivity index (χ2v) is 4.82. The molecular weight excluding hydrogens is 200 g/mol. The molecule has 0 aliphatic heterocycles. The maximum Gasteiger partial charge on any atom is 0.0700 e. The van der Waals surface area contributed by atoms with Crippen LogP contribution in [0.15, 0.2) is 0 Å². The summed E-state index contributed by atoms with van der Waals surface area (Å²) >= 11 is 0. The molecule has 0 heterocycles. The Morgan fingerprint density at radius 3 is 2.00 bits per heavy atom. The molecule has 0 N–H and O–H groups in total. The Bertz CT molecular complexity index is 124. The van der Waals surface area contributed by atoms with Gasteiger partial charge in [0.25, 0.3) is 0 Å². The third-order valence-electron chi connectivity index (χ3n) is 2.60. The summed E-state index contributed by atoms with van der Waals surface area (Å²) in [5.41, 5.74) is 0. The second-order valence-electron chi connectivity index (χ2n) is 4.82. The Kier molecular flexibility index (Phi) is 12.9. The van der Waals surface area contributed by atoms with E-state index in [0.717, 1.165) is 38.8 Å². The molecule has 0 bridgehead atoms. The molecule has 0 saturated carbocycles. The molecule has 2 heteroatoms. The van der Waals surface area contributed by atoms with Crippen LogP contribution in [0.1, 0.15) is 59.3 Å². The summed E-state index contributed by atoms with van der Waals surface area (Å²) in [5, 5.41) is 0. The summed E-state index contributed by atoms with van der Waals surface area (Å²) in [7, 11) is 0. The summed E-state index contributed by atoms with van der Waals surface area (Å²) < 4.78 is 11.0. The lowest BCUT2D eigenvalue weighted by Crippen LogP contribution is -2.07. The number of rotatable bonds is 12. The number of unbranched alkanes of at least 4 members (excludes halogenated alkanes) is 4. The van der Waals surface area contributed by atoms with Crippen LogP contribution in [0.4, 0.5) is 0 Å². The van der Waals surface area contributed by atoms with Gasteiger partial charge in [0, 0.05) is 13.2 Å². The summed E-state index contributed by atoms with van der Waals surface area (Å²) in [6.45, 7) is 9.96. The van der Waals surface area contributed by atoms with Crippen LogP contribution in [-0.4, -0.2) is 26.4 Å². The fourth-order valence-electron chi connectivity index (χ4n) is 1.45. The van der Waals surface area contributed by atoms with Crippen LogP contribution in [-0.2, 0) is 9.47 Å². The first kappa shape index (κ1) is 15.9. The highest BCUT2D eigenvalue weighted by molar-refractivity contribution is 4.43. The van der Waals surface area contributed by atoms with Crippen LogP contribution < -0.4 is 0 Å². The van der Waals surface area contributed by atoms with Crippen LogP contribution in [0.2, 0.25) is 0 Å². The first-order valence-corrected chi connectivity index (χ1v) is 6.92. The van der Waals surface area contributed by atoms with Gasteiger partial charge in [-0.3, -0.25) is 0 Å². The highest BCUT2D eigenvalue weighted by Gasteiger charge is 1.94. The van der Waals surface area contributed by atoms with Crippen molar-refractivity contribution >= 4 is 0 Å². The molecule has 0 radical (unpaired) electrons. The second kappa shape index (κ2) is 13.0. The lowest BCUT2D eigenvalue weighted by Gasteiger charge is -2.07. The standard InChI is InChI=1S/C14H30O2/c1-4-5-6-7-8-10-15-12-13-16-11-9-14(2)3/h14H,4-13H2,1-3H3. The number of hydrogen-bond acceptors (Lipinski definition) is 2. The SMILES string of the molecule is CCCCCCCOCCOCCC(C)C. The van der Waals surface area contributed by atoms with Crippen molar-refractivity contribution in [2.75, 3.05) is 26.4 Å². The first-order valence-electron chi connectivity index (χ1n) is 6.92. The van der Waals surface area contributed by atoms with E-state index >= 15 is 0 Å². The molecule has 0 fully saturated rings. The zero-order valence-electron chi connectivity index (χ0n) is 11.5. The Morgan fingerprint density at radius 1 is 0.750 bits per heavy atom. The van der Waals surface area contributed by atoms with Gasteiger partial charge in [0.15, 0.2) is 0 Å². The van der Waals surface area contributed by atoms with Crippen molar-refractivity contribution in [3.05, 3.63) is 0 Å². The molecular formula is C14H30O2. The topological polar surface area (TPSA) is 18.5 Å². The van der Waals surface area contributed by atoms with Gasteiger partial charge < -0.3 is 9.47 Å². The molecule has 0 aliphatic carbocycles. The maximum atomic E-state index is 5.50. The molecule has 2 nitrogen and oxygen atoms in total. The largest absolute Gasteiger partial charge is 0.379 e. The van der Waals surface area contributed by atoms with E-state index < -0.39 is 0 Å². The van der Waals surface area contributed by atoms with Crippen molar-refractivity contribution in [1.29, 1.82) is 0 Å². The fraction of sp³-hybridized carbons (Fsp3) is 1.00. The van der Waals surface area contributed by atoms with Gasteiger partial charge in [-0.2, -0.15) is 0 Å². The van der Waals surface area contributed by atoms with E-state index in [-0.39, 0.29) is 0 Å². The Balaban J connectivity index is 2.88.